The van der Waals surface area contributed by atoms with Crippen LogP contribution in [0.15, 0.2) is 18.2 Å². The highest BCUT2D eigenvalue weighted by atomic mass is 35.5. The largest absolute Gasteiger partial charge is 0.507 e. The van der Waals surface area contributed by atoms with Crippen molar-refractivity contribution in [1.82, 2.24) is 4.90 Å². The first-order valence-corrected chi connectivity index (χ1v) is 7.78. The number of phenols is 1. The van der Waals surface area contributed by atoms with Crippen molar-refractivity contribution < 1.29 is 14.7 Å². The molecule has 1 amide bonds. The molecular weight excluding hydrogens is 290 g/mol. The number of hydrogen-bond acceptors (Lipinski definition) is 3. The summed E-state index contributed by atoms with van der Waals surface area (Å²) in [5, 5.41) is 10.3. The van der Waals surface area contributed by atoms with Gasteiger partial charge in [0.15, 0.2) is 0 Å². The Morgan fingerprint density at radius 2 is 2.10 bits per heavy atom. The van der Waals surface area contributed by atoms with Gasteiger partial charge in [0.1, 0.15) is 11.5 Å². The SMILES string of the molecule is O=C1CCCC1C1CCCN1C(=O)c1ccc(Cl)cc1O. The van der Waals surface area contributed by atoms with Crippen molar-refractivity contribution in [2.45, 2.75) is 38.1 Å². The number of halogens is 1. The number of amides is 1. The van der Waals surface area contributed by atoms with E-state index in [0.29, 0.717) is 18.0 Å². The first-order valence-electron chi connectivity index (χ1n) is 7.40. The third-order valence-electron chi connectivity index (χ3n) is 4.57. The summed E-state index contributed by atoms with van der Waals surface area (Å²) >= 11 is 5.80. The number of likely N-dealkylation sites (tertiary alicyclic amines) is 1. The Labute approximate surface area is 128 Å². The molecule has 0 radical (unpaired) electrons. The van der Waals surface area contributed by atoms with E-state index in [-0.39, 0.29) is 35.0 Å². The van der Waals surface area contributed by atoms with Crippen molar-refractivity contribution in [3.05, 3.63) is 28.8 Å². The Kier molecular flexibility index (Phi) is 3.89. The number of nitrogens with zero attached hydrogens (tertiary/aromatic N) is 1. The Bertz CT molecular complexity index is 587. The summed E-state index contributed by atoms with van der Waals surface area (Å²) in [6, 6.07) is 4.51. The average Bonchev–Trinajstić information content (AvgIpc) is 3.06. The van der Waals surface area contributed by atoms with Crippen LogP contribution in [0.3, 0.4) is 0 Å². The lowest BCUT2D eigenvalue weighted by atomic mass is 9.94. The molecule has 3 rings (SSSR count). The minimum absolute atomic E-state index is 0.0115. The van der Waals surface area contributed by atoms with Crippen LogP contribution in [0.25, 0.3) is 0 Å². The van der Waals surface area contributed by atoms with E-state index in [1.54, 1.807) is 17.0 Å². The highest BCUT2D eigenvalue weighted by Crippen LogP contribution is 2.35. The molecule has 1 saturated carbocycles. The highest BCUT2D eigenvalue weighted by molar-refractivity contribution is 6.30. The average molecular weight is 308 g/mol. The van der Waals surface area contributed by atoms with E-state index in [1.165, 1.54) is 6.07 Å². The van der Waals surface area contributed by atoms with Crippen molar-refractivity contribution in [3.63, 3.8) is 0 Å². The maximum atomic E-state index is 12.7. The minimum Gasteiger partial charge on any atom is -0.507 e. The first-order chi connectivity index (χ1) is 10.1. The molecule has 21 heavy (non-hydrogen) atoms. The van der Waals surface area contributed by atoms with Gasteiger partial charge >= 0.3 is 0 Å². The van der Waals surface area contributed by atoms with Crippen LogP contribution in [0.4, 0.5) is 0 Å². The molecule has 0 spiro atoms. The van der Waals surface area contributed by atoms with Gasteiger partial charge in [-0.15, -0.1) is 0 Å². The molecule has 2 fully saturated rings. The van der Waals surface area contributed by atoms with Crippen LogP contribution in [0.2, 0.25) is 5.02 Å². The molecule has 1 heterocycles. The van der Waals surface area contributed by atoms with Crippen molar-refractivity contribution >= 4 is 23.3 Å². The standard InChI is InChI=1S/C16H18ClNO3/c17-10-6-7-12(15(20)9-10)16(21)18-8-2-4-13(18)11-3-1-5-14(11)19/h6-7,9,11,13,20H,1-5,8H2. The second-order valence-electron chi connectivity index (χ2n) is 5.83. The van der Waals surface area contributed by atoms with E-state index in [4.69, 9.17) is 11.6 Å². The van der Waals surface area contributed by atoms with E-state index in [0.717, 1.165) is 25.7 Å². The van der Waals surface area contributed by atoms with Crippen LogP contribution in [-0.2, 0) is 4.79 Å². The number of phenolic OH excluding ortho intramolecular Hbond substituents is 1. The van der Waals surface area contributed by atoms with Crippen molar-refractivity contribution in [2.24, 2.45) is 5.92 Å². The van der Waals surface area contributed by atoms with Crippen molar-refractivity contribution in [2.75, 3.05) is 6.54 Å². The normalized spacial score (nSPS) is 25.6. The van der Waals surface area contributed by atoms with E-state index >= 15 is 0 Å². The Morgan fingerprint density at radius 1 is 1.29 bits per heavy atom. The van der Waals surface area contributed by atoms with Crippen LogP contribution in [-0.4, -0.2) is 34.3 Å². The third kappa shape index (κ3) is 2.64. The van der Waals surface area contributed by atoms with Gasteiger partial charge in [-0.25, -0.2) is 0 Å². The number of rotatable bonds is 2. The zero-order valence-corrected chi connectivity index (χ0v) is 12.5. The van der Waals surface area contributed by atoms with Gasteiger partial charge in [0.05, 0.1) is 5.56 Å². The van der Waals surface area contributed by atoms with Crippen LogP contribution < -0.4 is 0 Å². The van der Waals surface area contributed by atoms with Gasteiger partial charge in [0.25, 0.3) is 5.91 Å². The van der Waals surface area contributed by atoms with Crippen LogP contribution in [0.5, 0.6) is 5.75 Å². The summed E-state index contributed by atoms with van der Waals surface area (Å²) in [7, 11) is 0. The summed E-state index contributed by atoms with van der Waals surface area (Å²) in [4.78, 5) is 26.4. The zero-order valence-electron chi connectivity index (χ0n) is 11.7. The molecule has 2 aliphatic rings. The molecule has 1 aliphatic carbocycles. The monoisotopic (exact) mass is 307 g/mol. The Balaban J connectivity index is 1.84. The van der Waals surface area contributed by atoms with E-state index in [9.17, 15) is 14.7 Å². The van der Waals surface area contributed by atoms with Gasteiger partial charge < -0.3 is 10.0 Å². The first kappa shape index (κ1) is 14.4. The molecule has 2 unspecified atom stereocenters. The number of ketones is 1. The zero-order chi connectivity index (χ0) is 15.0. The third-order valence-corrected chi connectivity index (χ3v) is 4.80. The number of Topliss-reactive ketones (excluding diaryl/α,β-unsaturated/α-hetero) is 1. The van der Waals surface area contributed by atoms with Gasteiger partial charge in [-0.05, 0) is 43.9 Å². The summed E-state index contributed by atoms with van der Waals surface area (Å²) < 4.78 is 0. The Morgan fingerprint density at radius 3 is 2.76 bits per heavy atom. The molecule has 0 bridgehead atoms. The van der Waals surface area contributed by atoms with Gasteiger partial charge in [-0.1, -0.05) is 11.6 Å². The maximum absolute atomic E-state index is 12.7. The van der Waals surface area contributed by atoms with E-state index < -0.39 is 0 Å². The fourth-order valence-corrected chi connectivity index (χ4v) is 3.72. The lowest BCUT2D eigenvalue weighted by Crippen LogP contribution is -2.41. The number of carbonyl (C=O) groups is 2. The second kappa shape index (κ2) is 5.68. The smallest absolute Gasteiger partial charge is 0.257 e. The molecule has 2 atom stereocenters. The van der Waals surface area contributed by atoms with Crippen LogP contribution in [0.1, 0.15) is 42.5 Å². The molecule has 1 aromatic rings. The van der Waals surface area contributed by atoms with Crippen LogP contribution in [0, 0.1) is 5.92 Å². The molecule has 1 N–H and O–H groups in total. The number of carbonyl (C=O) groups excluding carboxylic acids is 2. The summed E-state index contributed by atoms with van der Waals surface area (Å²) in [5.41, 5.74) is 0.261. The number of hydrogen-bond donors (Lipinski definition) is 1. The van der Waals surface area contributed by atoms with E-state index in [1.807, 2.05) is 0 Å². The summed E-state index contributed by atoms with van der Waals surface area (Å²) in [6.45, 7) is 0.648. The predicted molar refractivity (Wildman–Crippen MR) is 79.5 cm³/mol. The summed E-state index contributed by atoms with van der Waals surface area (Å²) in [5.74, 6) is -0.0480. The van der Waals surface area contributed by atoms with Gasteiger partial charge in [0, 0.05) is 29.9 Å². The molecule has 5 heteroatoms. The fraction of sp³-hybridized carbons (Fsp3) is 0.500. The Hall–Kier alpha value is -1.55. The quantitative estimate of drug-likeness (QED) is 0.913. The van der Waals surface area contributed by atoms with Crippen LogP contribution >= 0.6 is 11.6 Å². The number of aromatic hydroxyl groups is 1. The molecule has 4 nitrogen and oxygen atoms in total. The lowest BCUT2D eigenvalue weighted by molar-refractivity contribution is -0.121. The molecule has 112 valence electrons. The minimum atomic E-state index is -0.202. The highest BCUT2D eigenvalue weighted by Gasteiger charge is 2.40. The topological polar surface area (TPSA) is 57.6 Å². The molecule has 0 aromatic heterocycles. The number of benzene rings is 1. The van der Waals surface area contributed by atoms with Crippen molar-refractivity contribution in [1.29, 1.82) is 0 Å². The molecule has 1 saturated heterocycles. The fourth-order valence-electron chi connectivity index (χ4n) is 3.55. The van der Waals surface area contributed by atoms with Crippen molar-refractivity contribution in [3.8, 4) is 5.75 Å². The predicted octanol–water partition coefficient (Wildman–Crippen LogP) is 3.02. The summed E-state index contributed by atoms with van der Waals surface area (Å²) in [6.07, 6.45) is 4.22. The lowest BCUT2D eigenvalue weighted by Gasteiger charge is -2.29. The maximum Gasteiger partial charge on any atom is 0.257 e. The van der Waals surface area contributed by atoms with E-state index in [2.05, 4.69) is 0 Å². The molecule has 1 aliphatic heterocycles. The molecular formula is C16H18ClNO3. The van der Waals surface area contributed by atoms with Gasteiger partial charge in [-0.3, -0.25) is 9.59 Å². The van der Waals surface area contributed by atoms with Gasteiger partial charge in [0.2, 0.25) is 0 Å². The van der Waals surface area contributed by atoms with Gasteiger partial charge in [-0.2, -0.15) is 0 Å². The second-order valence-corrected chi connectivity index (χ2v) is 6.27. The molecule has 1 aromatic carbocycles.